The Morgan fingerprint density at radius 2 is 2.05 bits per heavy atom. The molecule has 0 aromatic heterocycles. The van der Waals surface area contributed by atoms with E-state index in [0.29, 0.717) is 12.5 Å². The van der Waals surface area contributed by atoms with Crippen LogP contribution in [0, 0.1) is 11.8 Å². The molecular formula is C16H21NO4. The van der Waals surface area contributed by atoms with Crippen LogP contribution in [0.3, 0.4) is 0 Å². The molecule has 1 fully saturated rings. The SMILES string of the molecule is O=C(O)C1CCC(CNC2COc3cc(O)ccc32)CC1. The third-order valence-corrected chi connectivity index (χ3v) is 4.63. The summed E-state index contributed by atoms with van der Waals surface area (Å²) in [6, 6.07) is 5.39. The van der Waals surface area contributed by atoms with E-state index in [0.717, 1.165) is 43.5 Å². The van der Waals surface area contributed by atoms with Crippen LogP contribution in [0.1, 0.15) is 37.3 Å². The molecule has 3 rings (SSSR count). The van der Waals surface area contributed by atoms with Crippen molar-refractivity contribution in [2.24, 2.45) is 11.8 Å². The van der Waals surface area contributed by atoms with Crippen LogP contribution in [0.15, 0.2) is 18.2 Å². The van der Waals surface area contributed by atoms with Crippen molar-refractivity contribution >= 4 is 5.97 Å². The van der Waals surface area contributed by atoms with E-state index in [4.69, 9.17) is 9.84 Å². The van der Waals surface area contributed by atoms with Crippen molar-refractivity contribution in [3.63, 3.8) is 0 Å². The fraction of sp³-hybridized carbons (Fsp3) is 0.562. The molecule has 1 atom stereocenters. The van der Waals surface area contributed by atoms with Crippen molar-refractivity contribution in [3.8, 4) is 11.5 Å². The first-order valence-electron chi connectivity index (χ1n) is 7.55. The first-order valence-corrected chi connectivity index (χ1v) is 7.55. The second-order valence-corrected chi connectivity index (χ2v) is 6.05. The van der Waals surface area contributed by atoms with E-state index in [9.17, 15) is 9.90 Å². The summed E-state index contributed by atoms with van der Waals surface area (Å²) in [5.41, 5.74) is 1.09. The predicted molar refractivity (Wildman–Crippen MR) is 77.4 cm³/mol. The number of nitrogens with one attached hydrogen (secondary N) is 1. The van der Waals surface area contributed by atoms with E-state index in [1.807, 2.05) is 6.07 Å². The highest BCUT2D eigenvalue weighted by atomic mass is 16.5. The molecule has 114 valence electrons. The van der Waals surface area contributed by atoms with Gasteiger partial charge in [0.05, 0.1) is 12.0 Å². The smallest absolute Gasteiger partial charge is 0.306 e. The average Bonchev–Trinajstić information content (AvgIpc) is 2.87. The van der Waals surface area contributed by atoms with E-state index in [2.05, 4.69) is 5.32 Å². The standard InChI is InChI=1S/C16H21NO4/c18-12-5-6-13-14(9-21-15(13)7-12)17-8-10-1-3-11(4-2-10)16(19)20/h5-7,10-11,14,17-18H,1-4,8-9H2,(H,19,20). The Kier molecular flexibility index (Phi) is 4.01. The van der Waals surface area contributed by atoms with Crippen molar-refractivity contribution in [2.75, 3.05) is 13.2 Å². The number of hydrogen-bond acceptors (Lipinski definition) is 4. The van der Waals surface area contributed by atoms with Gasteiger partial charge in [0.2, 0.25) is 0 Å². The number of phenolic OH excluding ortho intramolecular Hbond substituents is 1. The van der Waals surface area contributed by atoms with Gasteiger partial charge in [-0.2, -0.15) is 0 Å². The predicted octanol–water partition coefficient (Wildman–Crippen LogP) is 2.31. The number of hydrogen-bond donors (Lipinski definition) is 3. The molecule has 3 N–H and O–H groups in total. The molecule has 21 heavy (non-hydrogen) atoms. The van der Waals surface area contributed by atoms with Gasteiger partial charge in [0.25, 0.3) is 0 Å². The average molecular weight is 291 g/mol. The normalized spacial score (nSPS) is 27.9. The summed E-state index contributed by atoms with van der Waals surface area (Å²) < 4.78 is 5.58. The number of carbonyl (C=O) groups is 1. The molecular weight excluding hydrogens is 270 g/mol. The van der Waals surface area contributed by atoms with E-state index in [1.165, 1.54) is 0 Å². The number of carboxylic acid groups (broad SMARTS) is 1. The van der Waals surface area contributed by atoms with Crippen LogP contribution in [-0.2, 0) is 4.79 Å². The minimum absolute atomic E-state index is 0.153. The van der Waals surface area contributed by atoms with Crippen LogP contribution in [0.4, 0.5) is 0 Å². The quantitative estimate of drug-likeness (QED) is 0.793. The van der Waals surface area contributed by atoms with Crippen molar-refractivity contribution in [3.05, 3.63) is 23.8 Å². The minimum atomic E-state index is -0.653. The molecule has 5 heteroatoms. The summed E-state index contributed by atoms with van der Waals surface area (Å²) in [7, 11) is 0. The van der Waals surface area contributed by atoms with Crippen LogP contribution >= 0.6 is 0 Å². The largest absolute Gasteiger partial charge is 0.508 e. The summed E-state index contributed by atoms with van der Waals surface area (Å²) in [5, 5.41) is 22.0. The van der Waals surface area contributed by atoms with Crippen molar-refractivity contribution in [2.45, 2.75) is 31.7 Å². The summed E-state index contributed by atoms with van der Waals surface area (Å²) >= 11 is 0. The number of aromatic hydroxyl groups is 1. The third kappa shape index (κ3) is 3.13. The van der Waals surface area contributed by atoms with Crippen molar-refractivity contribution in [1.29, 1.82) is 0 Å². The Balaban J connectivity index is 1.50. The molecule has 0 spiro atoms. The fourth-order valence-corrected chi connectivity index (χ4v) is 3.29. The highest BCUT2D eigenvalue weighted by Crippen LogP contribution is 2.35. The fourth-order valence-electron chi connectivity index (χ4n) is 3.29. The number of benzene rings is 1. The first-order chi connectivity index (χ1) is 10.1. The number of carboxylic acids is 1. The maximum absolute atomic E-state index is 10.9. The molecule has 5 nitrogen and oxygen atoms in total. The van der Waals surface area contributed by atoms with Crippen molar-refractivity contribution < 1.29 is 19.7 Å². The Bertz CT molecular complexity index is 523. The number of phenols is 1. The maximum atomic E-state index is 10.9. The second-order valence-electron chi connectivity index (χ2n) is 6.05. The van der Waals surface area contributed by atoms with Crippen LogP contribution in [-0.4, -0.2) is 29.3 Å². The Morgan fingerprint density at radius 3 is 2.76 bits per heavy atom. The van der Waals surface area contributed by atoms with Crippen LogP contribution in [0.2, 0.25) is 0 Å². The van der Waals surface area contributed by atoms with E-state index in [1.54, 1.807) is 12.1 Å². The maximum Gasteiger partial charge on any atom is 0.306 e. The van der Waals surface area contributed by atoms with Crippen molar-refractivity contribution in [1.82, 2.24) is 5.32 Å². The van der Waals surface area contributed by atoms with E-state index in [-0.39, 0.29) is 17.7 Å². The van der Waals surface area contributed by atoms with Gasteiger partial charge in [0, 0.05) is 11.6 Å². The minimum Gasteiger partial charge on any atom is -0.508 e. The lowest BCUT2D eigenvalue weighted by Gasteiger charge is -2.27. The van der Waals surface area contributed by atoms with Crippen LogP contribution < -0.4 is 10.1 Å². The number of aliphatic carboxylic acids is 1. The molecule has 0 radical (unpaired) electrons. The molecule has 0 amide bonds. The lowest BCUT2D eigenvalue weighted by Crippen LogP contribution is -2.31. The summed E-state index contributed by atoms with van der Waals surface area (Å²) in [6.07, 6.45) is 3.51. The van der Waals surface area contributed by atoms with Crippen LogP contribution in [0.5, 0.6) is 11.5 Å². The number of ether oxygens (including phenoxy) is 1. The molecule has 1 saturated carbocycles. The van der Waals surface area contributed by atoms with Gasteiger partial charge in [-0.1, -0.05) is 0 Å². The zero-order valence-corrected chi connectivity index (χ0v) is 11.9. The Hall–Kier alpha value is -1.75. The summed E-state index contributed by atoms with van der Waals surface area (Å²) in [4.78, 5) is 10.9. The van der Waals surface area contributed by atoms with Gasteiger partial charge in [0.1, 0.15) is 18.1 Å². The number of rotatable bonds is 4. The van der Waals surface area contributed by atoms with E-state index >= 15 is 0 Å². The molecule has 1 aliphatic carbocycles. The Labute approximate surface area is 123 Å². The lowest BCUT2D eigenvalue weighted by atomic mass is 9.82. The highest BCUT2D eigenvalue weighted by molar-refractivity contribution is 5.69. The molecule has 2 aliphatic rings. The highest BCUT2D eigenvalue weighted by Gasteiger charge is 2.28. The first kappa shape index (κ1) is 14.2. The van der Waals surface area contributed by atoms with Gasteiger partial charge >= 0.3 is 5.97 Å². The van der Waals surface area contributed by atoms with Gasteiger partial charge in [-0.15, -0.1) is 0 Å². The van der Waals surface area contributed by atoms with Gasteiger partial charge in [0.15, 0.2) is 0 Å². The molecule has 1 aliphatic heterocycles. The molecule has 1 aromatic carbocycles. The van der Waals surface area contributed by atoms with Gasteiger partial charge in [-0.25, -0.2) is 0 Å². The zero-order chi connectivity index (χ0) is 14.8. The van der Waals surface area contributed by atoms with Gasteiger partial charge in [-0.05, 0) is 50.3 Å². The molecule has 1 heterocycles. The zero-order valence-electron chi connectivity index (χ0n) is 11.9. The summed E-state index contributed by atoms with van der Waals surface area (Å²) in [6.45, 7) is 1.48. The van der Waals surface area contributed by atoms with E-state index < -0.39 is 5.97 Å². The number of fused-ring (bicyclic) bond motifs is 1. The van der Waals surface area contributed by atoms with Crippen LogP contribution in [0.25, 0.3) is 0 Å². The van der Waals surface area contributed by atoms with Gasteiger partial charge in [-0.3, -0.25) is 4.79 Å². The van der Waals surface area contributed by atoms with Gasteiger partial charge < -0.3 is 20.3 Å². The summed E-state index contributed by atoms with van der Waals surface area (Å²) in [5.74, 6) is 0.712. The topological polar surface area (TPSA) is 78.8 Å². The monoisotopic (exact) mass is 291 g/mol. The second kappa shape index (κ2) is 5.93. The molecule has 0 saturated heterocycles. The third-order valence-electron chi connectivity index (χ3n) is 4.63. The Morgan fingerprint density at radius 1 is 1.29 bits per heavy atom. The lowest BCUT2D eigenvalue weighted by molar-refractivity contribution is -0.143. The molecule has 1 unspecified atom stereocenters. The molecule has 0 bridgehead atoms. The molecule has 1 aromatic rings.